The van der Waals surface area contributed by atoms with Crippen LogP contribution in [-0.2, 0) is 13.3 Å². The molecule has 0 atom stereocenters. The quantitative estimate of drug-likeness (QED) is 0.735. The van der Waals surface area contributed by atoms with Crippen LogP contribution < -0.4 is 0 Å². The second kappa shape index (κ2) is 5.66. The maximum Gasteiger partial charge on any atom is 0.532 e. The van der Waals surface area contributed by atoms with Gasteiger partial charge in [0.05, 0.1) is 25.4 Å². The van der Waals surface area contributed by atoms with Gasteiger partial charge in [0.25, 0.3) is 0 Å². The maximum atomic E-state index is 10.5. The molecule has 0 aromatic rings. The average Bonchev–Trinajstić information content (AvgIpc) is 2.33. The van der Waals surface area contributed by atoms with E-state index in [1.165, 1.54) is 5.06 Å². The molecule has 4 rings (SSSR count). The Labute approximate surface area is 134 Å². The van der Waals surface area contributed by atoms with Gasteiger partial charge in [0.1, 0.15) is 0 Å². The van der Waals surface area contributed by atoms with Gasteiger partial charge in [-0.25, -0.2) is 0 Å². The van der Waals surface area contributed by atoms with E-state index in [1.54, 1.807) is 0 Å². The van der Waals surface area contributed by atoms with Crippen LogP contribution in [0.4, 0.5) is 0 Å². The van der Waals surface area contributed by atoms with E-state index < -0.39 is 14.3 Å². The number of hydrogen-bond acceptors (Lipinski definition) is 6. The van der Waals surface area contributed by atoms with Crippen LogP contribution >= 0.6 is 0 Å². The van der Waals surface area contributed by atoms with Crippen LogP contribution in [0.25, 0.3) is 0 Å². The predicted octanol–water partition coefficient (Wildman–Crippen LogP) is 1.42. The molecule has 126 valence electrons. The molecule has 3 saturated heterocycles. The highest BCUT2D eigenvalue weighted by Gasteiger charge is 2.54. The van der Waals surface area contributed by atoms with E-state index in [1.807, 2.05) is 27.7 Å². The van der Waals surface area contributed by atoms with E-state index in [2.05, 4.69) is 11.0 Å². The van der Waals surface area contributed by atoms with E-state index in [0.717, 1.165) is 24.8 Å². The van der Waals surface area contributed by atoms with Crippen molar-refractivity contribution in [3.05, 3.63) is 11.3 Å². The van der Waals surface area contributed by atoms with E-state index in [-0.39, 0.29) is 5.54 Å². The van der Waals surface area contributed by atoms with Gasteiger partial charge in [0, 0.05) is 25.2 Å². The summed E-state index contributed by atoms with van der Waals surface area (Å²) in [7, 11) is -2.84. The minimum absolute atomic E-state index is 0.373. The van der Waals surface area contributed by atoms with Gasteiger partial charge in [-0.05, 0) is 39.3 Å². The van der Waals surface area contributed by atoms with Crippen molar-refractivity contribution in [1.82, 2.24) is 9.96 Å². The molecular weight excluding hydrogens is 300 g/mol. The second-order valence-corrected chi connectivity index (χ2v) is 10.2. The molecule has 4 heterocycles. The highest BCUT2D eigenvalue weighted by atomic mass is 28.4. The van der Waals surface area contributed by atoms with Crippen LogP contribution in [0.3, 0.4) is 0 Å². The van der Waals surface area contributed by atoms with E-state index in [9.17, 15) is 5.21 Å². The van der Waals surface area contributed by atoms with Crippen molar-refractivity contribution in [2.24, 2.45) is 0 Å². The lowest BCUT2D eigenvalue weighted by Crippen LogP contribution is -2.62. The highest BCUT2D eigenvalue weighted by molar-refractivity contribution is 6.69. The highest BCUT2D eigenvalue weighted by Crippen LogP contribution is 2.40. The summed E-state index contributed by atoms with van der Waals surface area (Å²) < 4.78 is 18.6. The Morgan fingerprint density at radius 2 is 1.50 bits per heavy atom. The third-order valence-electron chi connectivity index (χ3n) is 4.76. The molecule has 22 heavy (non-hydrogen) atoms. The molecular formula is C15H28N2O4Si. The molecule has 7 heteroatoms. The van der Waals surface area contributed by atoms with E-state index in [4.69, 9.17) is 13.3 Å². The first-order chi connectivity index (χ1) is 10.3. The minimum Gasteiger partial charge on any atom is -0.369 e. The number of hydroxylamine groups is 2. The Morgan fingerprint density at radius 1 is 1.00 bits per heavy atom. The Hall–Kier alpha value is -0.283. The molecule has 0 spiro atoms. The molecule has 0 amide bonds. The summed E-state index contributed by atoms with van der Waals surface area (Å²) in [6.07, 6.45) is 2.79. The summed E-state index contributed by atoms with van der Waals surface area (Å²) in [6, 6.07) is 0. The summed E-state index contributed by atoms with van der Waals surface area (Å²) in [5, 5.41) is 13.0. The summed E-state index contributed by atoms with van der Waals surface area (Å²) in [5.74, 6) is 0. The SMILES string of the molecule is CC1(C)C=C([Si]23OCCN(CCO2)CCO3)CC(C)(C)N1O. The average molecular weight is 328 g/mol. The summed E-state index contributed by atoms with van der Waals surface area (Å²) in [5.41, 5.74) is -0.839. The summed E-state index contributed by atoms with van der Waals surface area (Å²) >= 11 is 0. The van der Waals surface area contributed by atoms with Gasteiger partial charge >= 0.3 is 8.80 Å². The Bertz CT molecular complexity index is 440. The lowest BCUT2D eigenvalue weighted by Gasteiger charge is -2.49. The number of rotatable bonds is 1. The molecule has 0 aromatic carbocycles. The van der Waals surface area contributed by atoms with E-state index >= 15 is 0 Å². The standard InChI is InChI=1S/C15H28N2O4Si/c1-14(2)11-13(12-15(3,4)17(14)18)22-19-8-5-16(6-9-20-22)7-10-21-22/h11,18H,5-10,12H2,1-4H3. The molecule has 0 aliphatic carbocycles. The van der Waals surface area contributed by atoms with Gasteiger partial charge in [0.15, 0.2) is 0 Å². The molecule has 6 nitrogen and oxygen atoms in total. The van der Waals surface area contributed by atoms with Crippen molar-refractivity contribution in [3.8, 4) is 0 Å². The first kappa shape index (κ1) is 16.6. The molecule has 0 saturated carbocycles. The second-order valence-electron chi connectivity index (χ2n) is 7.57. The van der Waals surface area contributed by atoms with Crippen LogP contribution in [0.15, 0.2) is 11.3 Å². The zero-order valence-electron chi connectivity index (χ0n) is 14.1. The molecule has 0 radical (unpaired) electrons. The maximum absolute atomic E-state index is 10.5. The monoisotopic (exact) mass is 328 g/mol. The molecule has 2 bridgehead atoms. The number of fused-ring (bicyclic) bond motifs is 6. The van der Waals surface area contributed by atoms with Gasteiger partial charge in [-0.1, -0.05) is 6.08 Å². The zero-order chi connectivity index (χ0) is 16.0. The van der Waals surface area contributed by atoms with Crippen LogP contribution in [0.1, 0.15) is 34.1 Å². The van der Waals surface area contributed by atoms with Crippen molar-refractivity contribution in [2.45, 2.75) is 45.2 Å². The lowest BCUT2D eigenvalue weighted by atomic mass is 9.87. The first-order valence-electron chi connectivity index (χ1n) is 8.11. The molecule has 0 unspecified atom stereocenters. The molecule has 4 aliphatic rings. The fourth-order valence-electron chi connectivity index (χ4n) is 3.72. The largest absolute Gasteiger partial charge is 0.532 e. The Balaban J connectivity index is 1.96. The minimum atomic E-state index is -2.84. The van der Waals surface area contributed by atoms with Gasteiger partial charge in [-0.3, -0.25) is 4.90 Å². The third-order valence-corrected chi connectivity index (χ3v) is 7.62. The van der Waals surface area contributed by atoms with Gasteiger partial charge in [0.2, 0.25) is 0 Å². The normalized spacial score (nSPS) is 38.8. The van der Waals surface area contributed by atoms with Crippen LogP contribution in [0.5, 0.6) is 0 Å². The molecule has 3 fully saturated rings. The summed E-state index contributed by atoms with van der Waals surface area (Å²) in [6.45, 7) is 12.8. The smallest absolute Gasteiger partial charge is 0.369 e. The van der Waals surface area contributed by atoms with Crippen molar-refractivity contribution in [3.63, 3.8) is 0 Å². The summed E-state index contributed by atoms with van der Waals surface area (Å²) in [4.78, 5) is 2.32. The fraction of sp³-hybridized carbons (Fsp3) is 0.867. The first-order valence-corrected chi connectivity index (χ1v) is 9.83. The fourth-order valence-corrected chi connectivity index (χ4v) is 6.79. The Kier molecular flexibility index (Phi) is 4.26. The van der Waals surface area contributed by atoms with Crippen molar-refractivity contribution < 1.29 is 18.5 Å². The van der Waals surface area contributed by atoms with Crippen molar-refractivity contribution >= 4 is 8.80 Å². The third kappa shape index (κ3) is 2.91. The van der Waals surface area contributed by atoms with Crippen LogP contribution in [-0.4, -0.2) is 74.5 Å². The number of nitrogens with zero attached hydrogens (tertiary/aromatic N) is 2. The predicted molar refractivity (Wildman–Crippen MR) is 84.5 cm³/mol. The van der Waals surface area contributed by atoms with Crippen LogP contribution in [0, 0.1) is 0 Å². The van der Waals surface area contributed by atoms with Gasteiger partial charge < -0.3 is 18.5 Å². The Morgan fingerprint density at radius 3 is 1.95 bits per heavy atom. The molecule has 4 aliphatic heterocycles. The molecule has 0 aromatic heterocycles. The topological polar surface area (TPSA) is 54.4 Å². The van der Waals surface area contributed by atoms with Gasteiger partial charge in [-0.15, -0.1) is 0 Å². The lowest BCUT2D eigenvalue weighted by molar-refractivity contribution is -0.214. The van der Waals surface area contributed by atoms with Crippen molar-refractivity contribution in [2.75, 3.05) is 39.5 Å². The van der Waals surface area contributed by atoms with E-state index in [0.29, 0.717) is 26.2 Å². The van der Waals surface area contributed by atoms with Crippen molar-refractivity contribution in [1.29, 1.82) is 0 Å². The van der Waals surface area contributed by atoms with Gasteiger partial charge in [-0.2, -0.15) is 5.06 Å². The molecule has 1 N–H and O–H groups in total. The van der Waals surface area contributed by atoms with Crippen LogP contribution in [0.2, 0.25) is 0 Å². The zero-order valence-corrected chi connectivity index (χ0v) is 15.1. The number of hydrogen-bond donors (Lipinski definition) is 1.